The Morgan fingerprint density at radius 2 is 2.00 bits per heavy atom. The van der Waals surface area contributed by atoms with Gasteiger partial charge >= 0.3 is 0 Å². The fraction of sp³-hybridized carbons (Fsp3) is 0.571. The SMILES string of the molecule is CC(C)(CBr)COc1ccc2c(c1)CCC2. The molecule has 0 amide bonds. The first-order valence-corrected chi connectivity index (χ1v) is 7.03. The average Bonchev–Trinajstić information content (AvgIpc) is 2.73. The molecule has 0 heterocycles. The van der Waals surface area contributed by atoms with E-state index in [9.17, 15) is 0 Å². The van der Waals surface area contributed by atoms with Gasteiger partial charge in [0, 0.05) is 10.7 Å². The van der Waals surface area contributed by atoms with Crippen LogP contribution < -0.4 is 4.74 Å². The molecule has 0 aliphatic heterocycles. The minimum atomic E-state index is 0.193. The molecule has 1 aromatic rings. The predicted molar refractivity (Wildman–Crippen MR) is 71.5 cm³/mol. The zero-order chi connectivity index (χ0) is 11.6. The number of rotatable bonds is 4. The van der Waals surface area contributed by atoms with Gasteiger partial charge in [-0.15, -0.1) is 0 Å². The Labute approximate surface area is 106 Å². The molecular formula is C14H19BrO. The summed E-state index contributed by atoms with van der Waals surface area (Å²) >= 11 is 3.51. The molecule has 16 heavy (non-hydrogen) atoms. The summed E-state index contributed by atoms with van der Waals surface area (Å²) in [6, 6.07) is 6.54. The lowest BCUT2D eigenvalue weighted by Crippen LogP contribution is -2.22. The molecule has 0 N–H and O–H groups in total. The van der Waals surface area contributed by atoms with Crippen molar-refractivity contribution in [3.8, 4) is 5.75 Å². The summed E-state index contributed by atoms with van der Waals surface area (Å²) in [7, 11) is 0. The highest BCUT2D eigenvalue weighted by atomic mass is 79.9. The summed E-state index contributed by atoms with van der Waals surface area (Å²) in [5.74, 6) is 1.02. The van der Waals surface area contributed by atoms with Crippen LogP contribution in [0.4, 0.5) is 0 Å². The molecule has 0 spiro atoms. The summed E-state index contributed by atoms with van der Waals surface area (Å²) in [5, 5.41) is 0.963. The van der Waals surface area contributed by atoms with Crippen LogP contribution in [0.25, 0.3) is 0 Å². The van der Waals surface area contributed by atoms with Crippen LogP contribution >= 0.6 is 15.9 Å². The Kier molecular flexibility index (Phi) is 3.58. The normalized spacial score (nSPS) is 14.9. The number of aryl methyl sites for hydroxylation is 2. The molecule has 0 aromatic heterocycles. The van der Waals surface area contributed by atoms with Gasteiger partial charge in [-0.05, 0) is 42.5 Å². The quantitative estimate of drug-likeness (QED) is 0.760. The smallest absolute Gasteiger partial charge is 0.119 e. The molecule has 0 saturated heterocycles. The highest BCUT2D eigenvalue weighted by Gasteiger charge is 2.17. The van der Waals surface area contributed by atoms with Crippen molar-refractivity contribution in [2.45, 2.75) is 33.1 Å². The number of hydrogen-bond acceptors (Lipinski definition) is 1. The van der Waals surface area contributed by atoms with Gasteiger partial charge in [-0.25, -0.2) is 0 Å². The molecule has 2 heteroatoms. The molecule has 88 valence electrons. The minimum absolute atomic E-state index is 0.193. The molecular weight excluding hydrogens is 264 g/mol. The van der Waals surface area contributed by atoms with Gasteiger partial charge in [0.15, 0.2) is 0 Å². The lowest BCUT2D eigenvalue weighted by atomic mass is 9.98. The molecule has 1 aromatic carbocycles. The van der Waals surface area contributed by atoms with Crippen molar-refractivity contribution in [2.75, 3.05) is 11.9 Å². The van der Waals surface area contributed by atoms with Crippen LogP contribution in [-0.4, -0.2) is 11.9 Å². The van der Waals surface area contributed by atoms with Crippen LogP contribution in [0.1, 0.15) is 31.4 Å². The summed E-state index contributed by atoms with van der Waals surface area (Å²) < 4.78 is 5.86. The van der Waals surface area contributed by atoms with E-state index in [1.54, 1.807) is 0 Å². The van der Waals surface area contributed by atoms with E-state index in [0.29, 0.717) is 0 Å². The molecule has 0 saturated carbocycles. The van der Waals surface area contributed by atoms with E-state index in [1.165, 1.54) is 30.4 Å². The third-order valence-corrected chi connectivity index (χ3v) is 4.58. The van der Waals surface area contributed by atoms with E-state index in [0.717, 1.165) is 17.7 Å². The van der Waals surface area contributed by atoms with Crippen LogP contribution in [0.3, 0.4) is 0 Å². The predicted octanol–water partition coefficient (Wildman–Crippen LogP) is 3.98. The zero-order valence-corrected chi connectivity index (χ0v) is 11.6. The van der Waals surface area contributed by atoms with Gasteiger partial charge in [-0.3, -0.25) is 0 Å². The molecule has 0 radical (unpaired) electrons. The first-order valence-electron chi connectivity index (χ1n) is 5.91. The first kappa shape index (κ1) is 12.0. The van der Waals surface area contributed by atoms with Crippen molar-refractivity contribution in [2.24, 2.45) is 5.41 Å². The van der Waals surface area contributed by atoms with Crippen LogP contribution in [0, 0.1) is 5.41 Å². The summed E-state index contributed by atoms with van der Waals surface area (Å²) in [6.07, 6.45) is 3.75. The maximum Gasteiger partial charge on any atom is 0.119 e. The van der Waals surface area contributed by atoms with E-state index in [4.69, 9.17) is 4.74 Å². The van der Waals surface area contributed by atoms with Crippen molar-refractivity contribution >= 4 is 15.9 Å². The molecule has 1 nitrogen and oxygen atoms in total. The van der Waals surface area contributed by atoms with Gasteiger partial charge in [0.25, 0.3) is 0 Å². The highest BCUT2D eigenvalue weighted by molar-refractivity contribution is 9.09. The van der Waals surface area contributed by atoms with Crippen molar-refractivity contribution in [3.63, 3.8) is 0 Å². The number of ether oxygens (including phenoxy) is 1. The Balaban J connectivity index is 2.00. The Morgan fingerprint density at radius 1 is 1.25 bits per heavy atom. The number of fused-ring (bicyclic) bond motifs is 1. The molecule has 2 rings (SSSR count). The number of halogens is 1. The van der Waals surface area contributed by atoms with Gasteiger partial charge < -0.3 is 4.74 Å². The third kappa shape index (κ3) is 2.79. The lowest BCUT2D eigenvalue weighted by Gasteiger charge is -2.22. The van der Waals surface area contributed by atoms with Gasteiger partial charge in [-0.1, -0.05) is 35.8 Å². The molecule has 0 fully saturated rings. The summed E-state index contributed by atoms with van der Waals surface area (Å²) in [4.78, 5) is 0. The zero-order valence-electron chi connectivity index (χ0n) is 10.1. The molecule has 1 aliphatic carbocycles. The summed E-state index contributed by atoms with van der Waals surface area (Å²) in [6.45, 7) is 5.17. The van der Waals surface area contributed by atoms with Crippen molar-refractivity contribution < 1.29 is 4.74 Å². The van der Waals surface area contributed by atoms with Crippen molar-refractivity contribution in [1.82, 2.24) is 0 Å². The van der Waals surface area contributed by atoms with Gasteiger partial charge in [-0.2, -0.15) is 0 Å². The Bertz CT molecular complexity index is 371. The highest BCUT2D eigenvalue weighted by Crippen LogP contribution is 2.27. The second-order valence-electron chi connectivity index (χ2n) is 5.37. The van der Waals surface area contributed by atoms with Crippen molar-refractivity contribution in [1.29, 1.82) is 0 Å². The number of benzene rings is 1. The largest absolute Gasteiger partial charge is 0.493 e. The Hall–Kier alpha value is -0.500. The second kappa shape index (κ2) is 4.79. The number of alkyl halides is 1. The molecule has 1 aliphatic rings. The average molecular weight is 283 g/mol. The summed E-state index contributed by atoms with van der Waals surface area (Å²) in [5.41, 5.74) is 3.18. The maximum absolute atomic E-state index is 5.86. The van der Waals surface area contributed by atoms with Gasteiger partial charge in [0.05, 0.1) is 6.61 Å². The van der Waals surface area contributed by atoms with Gasteiger partial charge in [0.2, 0.25) is 0 Å². The van der Waals surface area contributed by atoms with E-state index in [2.05, 4.69) is 48.0 Å². The standard InChI is InChI=1S/C14H19BrO/c1-14(2,9-15)10-16-13-7-6-11-4-3-5-12(11)8-13/h6-8H,3-5,9-10H2,1-2H3. The van der Waals surface area contributed by atoms with Gasteiger partial charge in [0.1, 0.15) is 5.75 Å². The van der Waals surface area contributed by atoms with E-state index in [1.807, 2.05) is 0 Å². The lowest BCUT2D eigenvalue weighted by molar-refractivity contribution is 0.203. The van der Waals surface area contributed by atoms with Crippen LogP contribution in [0.5, 0.6) is 5.75 Å². The topological polar surface area (TPSA) is 9.23 Å². The second-order valence-corrected chi connectivity index (χ2v) is 5.93. The minimum Gasteiger partial charge on any atom is -0.493 e. The number of hydrogen-bond donors (Lipinski definition) is 0. The third-order valence-electron chi connectivity index (χ3n) is 3.06. The first-order chi connectivity index (χ1) is 7.61. The van der Waals surface area contributed by atoms with E-state index >= 15 is 0 Å². The Morgan fingerprint density at radius 3 is 2.75 bits per heavy atom. The monoisotopic (exact) mass is 282 g/mol. The van der Waals surface area contributed by atoms with E-state index in [-0.39, 0.29) is 5.41 Å². The fourth-order valence-electron chi connectivity index (χ4n) is 1.96. The fourth-order valence-corrected chi connectivity index (χ4v) is 2.12. The van der Waals surface area contributed by atoms with Crippen molar-refractivity contribution in [3.05, 3.63) is 29.3 Å². The molecule has 0 unspecified atom stereocenters. The molecule has 0 atom stereocenters. The maximum atomic E-state index is 5.86. The van der Waals surface area contributed by atoms with Crippen LogP contribution in [-0.2, 0) is 12.8 Å². The van der Waals surface area contributed by atoms with E-state index < -0.39 is 0 Å². The molecule has 0 bridgehead atoms. The van der Waals surface area contributed by atoms with Crippen LogP contribution in [0.15, 0.2) is 18.2 Å². The van der Waals surface area contributed by atoms with Crippen LogP contribution in [0.2, 0.25) is 0 Å².